The highest BCUT2D eigenvalue weighted by Gasteiger charge is 2.40. The van der Waals surface area contributed by atoms with E-state index in [1.165, 1.54) is 30.4 Å². The largest absolute Gasteiger partial charge is 0.457 e. The van der Waals surface area contributed by atoms with Crippen molar-refractivity contribution in [1.29, 1.82) is 5.26 Å². The van der Waals surface area contributed by atoms with Gasteiger partial charge in [-0.15, -0.1) is 0 Å². The van der Waals surface area contributed by atoms with Crippen molar-refractivity contribution < 1.29 is 15.8 Å². The monoisotopic (exact) mass is 461 g/mol. The number of aryl methyl sites for hydroxylation is 2. The van der Waals surface area contributed by atoms with E-state index < -0.39 is 12.0 Å². The summed E-state index contributed by atoms with van der Waals surface area (Å²) in [5.74, 6) is -0.0518. The number of ketones is 1. The summed E-state index contributed by atoms with van der Waals surface area (Å²) < 4.78 is 5.50. The summed E-state index contributed by atoms with van der Waals surface area (Å²) in [5.41, 5.74) is 4.06. The van der Waals surface area contributed by atoms with E-state index in [-0.39, 0.29) is 19.6 Å². The van der Waals surface area contributed by atoms with E-state index in [9.17, 15) is 9.59 Å². The Morgan fingerprint density at radius 3 is 2.47 bits per heavy atom. The summed E-state index contributed by atoms with van der Waals surface area (Å²) in [6.07, 6.45) is 9.19. The van der Waals surface area contributed by atoms with Gasteiger partial charge in [-0.3, -0.25) is 9.59 Å². The third-order valence-electron chi connectivity index (χ3n) is 6.99. The lowest BCUT2D eigenvalue weighted by Crippen LogP contribution is -2.19. The van der Waals surface area contributed by atoms with E-state index in [0.717, 1.165) is 37.7 Å². The Labute approximate surface area is 205 Å². The quantitative estimate of drug-likeness (QED) is 0.232. The van der Waals surface area contributed by atoms with Crippen LogP contribution in [0.5, 0.6) is 0 Å². The lowest BCUT2D eigenvalue weighted by Gasteiger charge is -2.19. The van der Waals surface area contributed by atoms with Crippen LogP contribution in [-0.2, 0) is 20.7 Å². The predicted octanol–water partition coefficient (Wildman–Crippen LogP) is 7.29. The van der Waals surface area contributed by atoms with Crippen molar-refractivity contribution >= 4 is 11.8 Å². The molecule has 3 atom stereocenters. The number of hydrogen-bond acceptors (Lipinski definition) is 4. The predicted molar refractivity (Wildman–Crippen MR) is 136 cm³/mol. The van der Waals surface area contributed by atoms with Gasteiger partial charge in [0.25, 0.3) is 0 Å². The number of esters is 1. The minimum absolute atomic E-state index is 0. The van der Waals surface area contributed by atoms with E-state index in [2.05, 4.69) is 44.2 Å². The number of Topliss-reactive ketones (excluding diaryl/α,β-unsaturated/α-hetero) is 1. The molecule has 2 aromatic rings. The second-order valence-electron chi connectivity index (χ2n) is 9.70. The third-order valence-corrected chi connectivity index (χ3v) is 6.99. The highest BCUT2D eigenvalue weighted by atomic mass is 16.6. The molecule has 0 saturated carbocycles. The smallest absolute Gasteiger partial charge is 0.307 e. The summed E-state index contributed by atoms with van der Waals surface area (Å²) in [4.78, 5) is 25.1. The highest BCUT2D eigenvalue weighted by Crippen LogP contribution is 2.37. The van der Waals surface area contributed by atoms with Crippen molar-refractivity contribution in [2.45, 2.75) is 84.2 Å². The minimum atomic E-state index is -0.529. The summed E-state index contributed by atoms with van der Waals surface area (Å²) in [7, 11) is 0. The third kappa shape index (κ3) is 7.55. The number of unbranched alkanes of at least 4 members (excludes halogenated alkanes) is 2. The maximum atomic E-state index is 13.1. The Morgan fingerprint density at radius 2 is 1.79 bits per heavy atom. The standard InChI is InChI=1S/C30H37NO3.H2/c1-3-7-23(8-5-4-6-9-24-12-10-22(2)11-13-24)16-19-28(32)27-20-29(33)34-30(27)26-17-14-25(21-31)15-18-26;/h10-15,17-18,23,27,30H,3-9,16,19-20H2,1-2H3;1H/t23?,27-,30-;/m1./s1. The van der Waals surface area contributed by atoms with E-state index in [0.29, 0.717) is 17.9 Å². The number of carbonyl (C=O) groups is 2. The molecule has 0 aromatic heterocycles. The first-order valence-corrected chi connectivity index (χ1v) is 12.8. The Hall–Kier alpha value is -2.93. The fourth-order valence-corrected chi connectivity index (χ4v) is 4.96. The minimum Gasteiger partial charge on any atom is -0.457 e. The Kier molecular flexibility index (Phi) is 9.89. The molecular weight excluding hydrogens is 422 g/mol. The Bertz CT molecular complexity index is 978. The van der Waals surface area contributed by atoms with Gasteiger partial charge in [-0.25, -0.2) is 0 Å². The molecule has 0 amide bonds. The van der Waals surface area contributed by atoms with Crippen LogP contribution in [0.15, 0.2) is 48.5 Å². The molecule has 0 bridgehead atoms. The van der Waals surface area contributed by atoms with Crippen LogP contribution in [0.25, 0.3) is 0 Å². The van der Waals surface area contributed by atoms with Crippen molar-refractivity contribution in [3.05, 3.63) is 70.8 Å². The fraction of sp³-hybridized carbons (Fsp3) is 0.500. The summed E-state index contributed by atoms with van der Waals surface area (Å²) >= 11 is 0. The van der Waals surface area contributed by atoms with Crippen molar-refractivity contribution in [3.63, 3.8) is 0 Å². The molecule has 1 heterocycles. The molecule has 1 aliphatic heterocycles. The second-order valence-corrected chi connectivity index (χ2v) is 9.70. The molecule has 4 heteroatoms. The second kappa shape index (κ2) is 13.1. The van der Waals surface area contributed by atoms with Crippen molar-refractivity contribution in [2.75, 3.05) is 0 Å². The average molecular weight is 462 g/mol. The maximum Gasteiger partial charge on any atom is 0.307 e. The molecule has 1 unspecified atom stereocenters. The summed E-state index contributed by atoms with van der Waals surface area (Å²) in [6, 6.07) is 17.9. The number of hydrogen-bond donors (Lipinski definition) is 0. The van der Waals surface area contributed by atoms with Gasteiger partial charge in [0.1, 0.15) is 11.9 Å². The van der Waals surface area contributed by atoms with Gasteiger partial charge in [-0.05, 0) is 55.4 Å². The summed E-state index contributed by atoms with van der Waals surface area (Å²) in [5, 5.41) is 9.00. The molecule has 0 spiro atoms. The maximum absolute atomic E-state index is 13.1. The molecule has 1 fully saturated rings. The number of nitriles is 1. The normalized spacial score (nSPS) is 18.3. The van der Waals surface area contributed by atoms with Crippen LogP contribution in [0.4, 0.5) is 0 Å². The first-order chi connectivity index (χ1) is 16.5. The summed E-state index contributed by atoms with van der Waals surface area (Å²) in [6.45, 7) is 4.32. The van der Waals surface area contributed by atoms with E-state index in [1.807, 2.05) is 0 Å². The zero-order chi connectivity index (χ0) is 24.3. The molecule has 4 nitrogen and oxygen atoms in total. The molecule has 0 N–H and O–H groups in total. The van der Waals surface area contributed by atoms with Gasteiger partial charge in [0.15, 0.2) is 0 Å². The molecule has 0 aliphatic carbocycles. The Morgan fingerprint density at radius 1 is 1.06 bits per heavy atom. The van der Waals surface area contributed by atoms with E-state index in [1.54, 1.807) is 24.3 Å². The van der Waals surface area contributed by atoms with E-state index in [4.69, 9.17) is 10.00 Å². The molecule has 3 rings (SSSR count). The van der Waals surface area contributed by atoms with Crippen LogP contribution in [0.1, 0.15) is 94.5 Å². The zero-order valence-corrected chi connectivity index (χ0v) is 20.6. The average Bonchev–Trinajstić information content (AvgIpc) is 3.25. The molecule has 1 aliphatic rings. The molecule has 0 radical (unpaired) electrons. The highest BCUT2D eigenvalue weighted by molar-refractivity contribution is 5.88. The number of nitrogens with zero attached hydrogens (tertiary/aromatic N) is 1. The lowest BCUT2D eigenvalue weighted by molar-refractivity contribution is -0.141. The lowest BCUT2D eigenvalue weighted by atomic mass is 9.85. The first-order valence-electron chi connectivity index (χ1n) is 12.8. The van der Waals surface area contributed by atoms with Crippen molar-refractivity contribution in [1.82, 2.24) is 0 Å². The van der Waals surface area contributed by atoms with Crippen molar-refractivity contribution in [2.24, 2.45) is 11.8 Å². The first kappa shape index (κ1) is 25.7. The van der Waals surface area contributed by atoms with Crippen LogP contribution >= 0.6 is 0 Å². The molecule has 1 saturated heterocycles. The molecule has 182 valence electrons. The number of benzene rings is 2. The van der Waals surface area contributed by atoms with Gasteiger partial charge in [-0.2, -0.15) is 5.26 Å². The van der Waals surface area contributed by atoms with Crippen LogP contribution < -0.4 is 0 Å². The van der Waals surface area contributed by atoms with Gasteiger partial charge in [0.2, 0.25) is 0 Å². The van der Waals surface area contributed by atoms with E-state index >= 15 is 0 Å². The number of carbonyl (C=O) groups excluding carboxylic acids is 2. The Balaban J connectivity index is 0.00000432. The van der Waals surface area contributed by atoms with Gasteiger partial charge < -0.3 is 4.74 Å². The van der Waals surface area contributed by atoms with Gasteiger partial charge in [0.05, 0.1) is 24.0 Å². The zero-order valence-electron chi connectivity index (χ0n) is 20.6. The SMILES string of the molecule is CCCC(CCCCCc1ccc(C)cc1)CCC(=O)[C@H]1CC(=O)O[C@@H]1c1ccc(C#N)cc1.[HH]. The fourth-order valence-electron chi connectivity index (χ4n) is 4.96. The molecule has 34 heavy (non-hydrogen) atoms. The van der Waals surface area contributed by atoms with Crippen LogP contribution in [-0.4, -0.2) is 11.8 Å². The van der Waals surface area contributed by atoms with Crippen LogP contribution in [0, 0.1) is 30.1 Å². The van der Waals surface area contributed by atoms with Crippen molar-refractivity contribution in [3.8, 4) is 6.07 Å². The van der Waals surface area contributed by atoms with Gasteiger partial charge in [0, 0.05) is 7.85 Å². The molecule has 2 aromatic carbocycles. The number of ether oxygens (including phenoxy) is 1. The van der Waals surface area contributed by atoms with Crippen LogP contribution in [0.2, 0.25) is 0 Å². The van der Waals surface area contributed by atoms with Crippen LogP contribution in [0.3, 0.4) is 0 Å². The van der Waals surface area contributed by atoms with Gasteiger partial charge >= 0.3 is 5.97 Å². The topological polar surface area (TPSA) is 67.2 Å². The van der Waals surface area contributed by atoms with Gasteiger partial charge in [-0.1, -0.05) is 81.0 Å². The number of cyclic esters (lactones) is 1. The number of rotatable bonds is 13. The molecular formula is C30H39NO3.